The minimum absolute atomic E-state index is 0.714. The number of nitrogens with one attached hydrogen (secondary N) is 1. The van der Waals surface area contributed by atoms with Gasteiger partial charge in [-0.15, -0.1) is 11.3 Å². The minimum Gasteiger partial charge on any atom is -0.312 e. The first-order chi connectivity index (χ1) is 8.20. The first kappa shape index (κ1) is 12.9. The van der Waals surface area contributed by atoms with Crippen LogP contribution < -0.4 is 5.32 Å². The fourth-order valence-corrected chi connectivity index (χ4v) is 3.01. The molecule has 1 aromatic carbocycles. The van der Waals surface area contributed by atoms with Gasteiger partial charge in [-0.25, -0.2) is 0 Å². The van der Waals surface area contributed by atoms with Crippen LogP contribution >= 0.6 is 34.5 Å². The molecule has 0 radical (unpaired) electrons. The van der Waals surface area contributed by atoms with E-state index in [0.717, 1.165) is 28.6 Å². The lowest BCUT2D eigenvalue weighted by Gasteiger charge is -2.02. The third-order valence-corrected chi connectivity index (χ3v) is 4.09. The Morgan fingerprint density at radius 2 is 2.00 bits per heavy atom. The third kappa shape index (κ3) is 3.23. The average molecular weight is 286 g/mol. The second-order valence-electron chi connectivity index (χ2n) is 3.67. The maximum absolute atomic E-state index is 6.18. The van der Waals surface area contributed by atoms with Gasteiger partial charge in [0.05, 0.1) is 0 Å². The molecule has 90 valence electrons. The molecule has 0 aliphatic heterocycles. The van der Waals surface area contributed by atoms with Gasteiger partial charge in [0.15, 0.2) is 0 Å². The predicted molar refractivity (Wildman–Crippen MR) is 77.2 cm³/mol. The molecule has 2 aromatic rings. The highest BCUT2D eigenvalue weighted by Crippen LogP contribution is 2.35. The van der Waals surface area contributed by atoms with E-state index in [9.17, 15) is 0 Å². The van der Waals surface area contributed by atoms with Crippen LogP contribution in [0.25, 0.3) is 10.4 Å². The van der Waals surface area contributed by atoms with Crippen molar-refractivity contribution in [2.75, 3.05) is 6.54 Å². The Bertz CT molecular complexity index is 508. The average Bonchev–Trinajstić information content (AvgIpc) is 2.78. The van der Waals surface area contributed by atoms with Crippen molar-refractivity contribution >= 4 is 34.5 Å². The molecule has 4 heteroatoms. The highest BCUT2D eigenvalue weighted by atomic mass is 35.5. The normalized spacial score (nSPS) is 10.8. The monoisotopic (exact) mass is 285 g/mol. The van der Waals surface area contributed by atoms with E-state index in [-0.39, 0.29) is 0 Å². The summed E-state index contributed by atoms with van der Waals surface area (Å²) >= 11 is 13.9. The summed E-state index contributed by atoms with van der Waals surface area (Å²) in [4.78, 5) is 2.46. The molecule has 17 heavy (non-hydrogen) atoms. The van der Waals surface area contributed by atoms with E-state index in [1.54, 1.807) is 17.4 Å². The SMILES string of the molecule is CCNCc1ccc(-c2cc(Cl)ccc2Cl)s1. The van der Waals surface area contributed by atoms with Crippen LogP contribution in [0.4, 0.5) is 0 Å². The lowest BCUT2D eigenvalue weighted by molar-refractivity contribution is 0.735. The molecule has 0 spiro atoms. The predicted octanol–water partition coefficient (Wildman–Crippen LogP) is 4.83. The van der Waals surface area contributed by atoms with E-state index >= 15 is 0 Å². The van der Waals surface area contributed by atoms with Crippen molar-refractivity contribution in [3.63, 3.8) is 0 Å². The third-order valence-electron chi connectivity index (χ3n) is 2.40. The van der Waals surface area contributed by atoms with Crippen molar-refractivity contribution in [3.05, 3.63) is 45.3 Å². The number of thiophene rings is 1. The Morgan fingerprint density at radius 1 is 1.18 bits per heavy atom. The summed E-state index contributed by atoms with van der Waals surface area (Å²) in [6.45, 7) is 3.98. The van der Waals surface area contributed by atoms with E-state index in [0.29, 0.717) is 5.02 Å². The molecule has 1 nitrogen and oxygen atoms in total. The second-order valence-corrected chi connectivity index (χ2v) is 5.68. The van der Waals surface area contributed by atoms with Crippen LogP contribution in [0.3, 0.4) is 0 Å². The minimum atomic E-state index is 0.714. The molecule has 0 aliphatic rings. The molecule has 1 N–H and O–H groups in total. The summed E-state index contributed by atoms with van der Waals surface area (Å²) in [6.07, 6.45) is 0. The number of rotatable bonds is 4. The van der Waals surface area contributed by atoms with Crippen molar-refractivity contribution < 1.29 is 0 Å². The van der Waals surface area contributed by atoms with Gasteiger partial charge in [0.2, 0.25) is 0 Å². The Balaban J connectivity index is 2.27. The zero-order valence-electron chi connectivity index (χ0n) is 9.47. The zero-order chi connectivity index (χ0) is 12.3. The van der Waals surface area contributed by atoms with Gasteiger partial charge in [0.1, 0.15) is 0 Å². The van der Waals surface area contributed by atoms with Gasteiger partial charge in [-0.05, 0) is 36.9 Å². The summed E-state index contributed by atoms with van der Waals surface area (Å²) in [5, 5.41) is 4.76. The van der Waals surface area contributed by atoms with Crippen LogP contribution in [0.15, 0.2) is 30.3 Å². The molecule has 0 aliphatic carbocycles. The van der Waals surface area contributed by atoms with Crippen molar-refractivity contribution in [2.45, 2.75) is 13.5 Å². The quantitative estimate of drug-likeness (QED) is 0.848. The Hall–Kier alpha value is -0.540. The summed E-state index contributed by atoms with van der Waals surface area (Å²) in [5.41, 5.74) is 1.01. The fourth-order valence-electron chi connectivity index (χ4n) is 1.55. The topological polar surface area (TPSA) is 12.0 Å². The summed E-state index contributed by atoms with van der Waals surface area (Å²) in [5.74, 6) is 0. The summed E-state index contributed by atoms with van der Waals surface area (Å²) in [6, 6.07) is 9.77. The van der Waals surface area contributed by atoms with Crippen molar-refractivity contribution in [1.29, 1.82) is 0 Å². The maximum Gasteiger partial charge on any atom is 0.0493 e. The van der Waals surface area contributed by atoms with E-state index < -0.39 is 0 Å². The van der Waals surface area contributed by atoms with Gasteiger partial charge in [0.25, 0.3) is 0 Å². The van der Waals surface area contributed by atoms with Crippen LogP contribution in [0.2, 0.25) is 10.0 Å². The maximum atomic E-state index is 6.18. The van der Waals surface area contributed by atoms with Crippen molar-refractivity contribution in [1.82, 2.24) is 5.32 Å². The number of halogens is 2. The lowest BCUT2D eigenvalue weighted by Crippen LogP contribution is -2.10. The van der Waals surface area contributed by atoms with Gasteiger partial charge in [-0.1, -0.05) is 30.1 Å². The van der Waals surface area contributed by atoms with Crippen LogP contribution in [0.5, 0.6) is 0 Å². The van der Waals surface area contributed by atoms with Crippen LogP contribution in [0.1, 0.15) is 11.8 Å². The summed E-state index contributed by atoms with van der Waals surface area (Å²) < 4.78 is 0. The Morgan fingerprint density at radius 3 is 2.76 bits per heavy atom. The van der Waals surface area contributed by atoms with E-state index in [1.807, 2.05) is 12.1 Å². The Labute approximate surface area is 115 Å². The molecular formula is C13H13Cl2NS. The molecule has 2 rings (SSSR count). The first-order valence-corrected chi connectivity index (χ1v) is 7.03. The molecular weight excluding hydrogens is 273 g/mol. The fraction of sp³-hybridized carbons (Fsp3) is 0.231. The van der Waals surface area contributed by atoms with Gasteiger partial charge >= 0.3 is 0 Å². The molecule has 0 unspecified atom stereocenters. The molecule has 0 atom stereocenters. The summed E-state index contributed by atoms with van der Waals surface area (Å²) in [7, 11) is 0. The van der Waals surface area contributed by atoms with Crippen molar-refractivity contribution in [3.8, 4) is 10.4 Å². The zero-order valence-corrected chi connectivity index (χ0v) is 11.8. The van der Waals surface area contributed by atoms with E-state index in [4.69, 9.17) is 23.2 Å². The first-order valence-electron chi connectivity index (χ1n) is 5.45. The van der Waals surface area contributed by atoms with Crippen molar-refractivity contribution in [2.24, 2.45) is 0 Å². The standard InChI is InChI=1S/C13H13Cl2NS/c1-2-16-8-10-4-6-13(17-10)11-7-9(14)3-5-12(11)15/h3-7,16H,2,8H2,1H3. The molecule has 0 bridgehead atoms. The largest absolute Gasteiger partial charge is 0.312 e. The van der Waals surface area contributed by atoms with Crippen LogP contribution in [0, 0.1) is 0 Å². The van der Waals surface area contributed by atoms with E-state index in [2.05, 4.69) is 24.4 Å². The number of hydrogen-bond donors (Lipinski definition) is 1. The number of hydrogen-bond acceptors (Lipinski definition) is 2. The van der Waals surface area contributed by atoms with Gasteiger partial charge < -0.3 is 5.32 Å². The lowest BCUT2D eigenvalue weighted by atomic mass is 10.2. The van der Waals surface area contributed by atoms with Gasteiger partial charge in [-0.3, -0.25) is 0 Å². The molecule has 0 amide bonds. The van der Waals surface area contributed by atoms with E-state index in [1.165, 1.54) is 4.88 Å². The Kier molecular flexibility index (Phi) is 4.46. The van der Waals surface area contributed by atoms with Crippen LogP contribution in [-0.4, -0.2) is 6.54 Å². The second kappa shape index (κ2) is 5.87. The molecule has 0 saturated heterocycles. The molecule has 1 aromatic heterocycles. The number of benzene rings is 1. The van der Waals surface area contributed by atoms with Gasteiger partial charge in [-0.2, -0.15) is 0 Å². The highest BCUT2D eigenvalue weighted by molar-refractivity contribution is 7.15. The smallest absolute Gasteiger partial charge is 0.0493 e. The molecule has 1 heterocycles. The highest BCUT2D eigenvalue weighted by Gasteiger charge is 2.07. The molecule has 0 fully saturated rings. The molecule has 0 saturated carbocycles. The van der Waals surface area contributed by atoms with Crippen LogP contribution in [-0.2, 0) is 6.54 Å². The van der Waals surface area contributed by atoms with Gasteiger partial charge in [0, 0.05) is 31.9 Å².